The normalized spacial score (nSPS) is 14.4. The molecule has 3 heterocycles. The molecule has 32 heavy (non-hydrogen) atoms. The van der Waals surface area contributed by atoms with E-state index in [2.05, 4.69) is 4.98 Å². The number of aliphatic hydroxyl groups is 1. The zero-order valence-electron chi connectivity index (χ0n) is 16.4. The van der Waals surface area contributed by atoms with Crippen molar-refractivity contribution in [3.05, 3.63) is 39.6 Å². The molecule has 0 spiro atoms. The summed E-state index contributed by atoms with van der Waals surface area (Å²) in [5.41, 5.74) is -5.57. The summed E-state index contributed by atoms with van der Waals surface area (Å²) in [6.07, 6.45) is -11.4. The van der Waals surface area contributed by atoms with E-state index >= 15 is 0 Å². The first-order valence-electron chi connectivity index (χ1n) is 8.85. The van der Waals surface area contributed by atoms with Gasteiger partial charge in [0.2, 0.25) is 5.72 Å². The van der Waals surface area contributed by atoms with Crippen molar-refractivity contribution in [1.29, 1.82) is 5.41 Å². The molecule has 3 aromatic rings. The fraction of sp³-hybridized carbons (Fsp3) is 0.316. The van der Waals surface area contributed by atoms with E-state index in [0.717, 1.165) is 24.3 Å². The van der Waals surface area contributed by atoms with Gasteiger partial charge in [-0.25, -0.2) is 4.98 Å². The molecule has 0 aromatic carbocycles. The Hall–Kier alpha value is -2.51. The monoisotopic (exact) mass is 495 g/mol. The number of hydrogen-bond acceptors (Lipinski definition) is 6. The fourth-order valence-corrected chi connectivity index (χ4v) is 4.87. The first-order valence-corrected chi connectivity index (χ1v) is 10.5. The lowest BCUT2D eigenvalue weighted by Crippen LogP contribution is -2.59. The molecule has 0 radical (unpaired) electrons. The minimum absolute atomic E-state index is 0.0132. The number of fused-ring (bicyclic) bond motifs is 1. The number of alkyl halides is 6. The van der Waals surface area contributed by atoms with Crippen LogP contribution in [0.25, 0.3) is 20.8 Å². The van der Waals surface area contributed by atoms with Gasteiger partial charge < -0.3 is 15.8 Å². The zero-order valence-corrected chi connectivity index (χ0v) is 18.0. The molecule has 1 amide bonds. The van der Waals surface area contributed by atoms with E-state index in [9.17, 15) is 36.2 Å². The Labute approximate surface area is 185 Å². The number of halogens is 6. The summed E-state index contributed by atoms with van der Waals surface area (Å²) in [5.74, 6) is -1.42. The molecule has 0 saturated carbocycles. The molecule has 0 saturated heterocycles. The number of pyridine rings is 1. The Morgan fingerprint density at radius 3 is 2.41 bits per heavy atom. The maximum Gasteiger partial charge on any atom is 0.436 e. The van der Waals surface area contributed by atoms with Gasteiger partial charge in [-0.15, -0.1) is 22.7 Å². The predicted molar refractivity (Wildman–Crippen MR) is 109 cm³/mol. The van der Waals surface area contributed by atoms with Crippen LogP contribution >= 0.6 is 22.7 Å². The molecular formula is C19H15F6N3O2S2. The van der Waals surface area contributed by atoms with E-state index in [1.807, 2.05) is 0 Å². The minimum atomic E-state index is -5.32. The number of nitrogens with zero attached hydrogens (tertiary/aromatic N) is 1. The number of aromatic nitrogens is 1. The third kappa shape index (κ3) is 4.50. The summed E-state index contributed by atoms with van der Waals surface area (Å²) in [5, 5.41) is 19.9. The highest BCUT2D eigenvalue weighted by molar-refractivity contribution is 7.20. The molecule has 1 atom stereocenters. The van der Waals surface area contributed by atoms with Gasteiger partial charge in [0.1, 0.15) is 4.83 Å². The number of thiophene rings is 2. The number of nitrogens with one attached hydrogen (secondary N) is 2. The zero-order chi connectivity index (χ0) is 24.1. The molecule has 13 heteroatoms. The van der Waals surface area contributed by atoms with Crippen molar-refractivity contribution in [2.45, 2.75) is 38.3 Å². The summed E-state index contributed by atoms with van der Waals surface area (Å²) >= 11 is 1.65. The van der Waals surface area contributed by atoms with Gasteiger partial charge in [-0.2, -0.15) is 26.3 Å². The molecular weight excluding hydrogens is 480 g/mol. The molecule has 0 fully saturated rings. The SMILES string of the molecule is CC(=N)CC(O)(NC(=O)c1sc2nc(-c3cccs3)cc(C(F)(F)F)c2c1C)C(F)(F)F. The summed E-state index contributed by atoms with van der Waals surface area (Å²) in [6.45, 7) is 2.18. The fourth-order valence-electron chi connectivity index (χ4n) is 3.08. The van der Waals surface area contributed by atoms with E-state index in [-0.39, 0.29) is 16.1 Å². The van der Waals surface area contributed by atoms with E-state index in [0.29, 0.717) is 16.2 Å². The Morgan fingerprint density at radius 1 is 1.25 bits per heavy atom. The lowest BCUT2D eigenvalue weighted by atomic mass is 10.0. The van der Waals surface area contributed by atoms with Crippen molar-refractivity contribution >= 4 is 44.5 Å². The topological polar surface area (TPSA) is 86.1 Å². The highest BCUT2D eigenvalue weighted by atomic mass is 32.1. The molecule has 3 aromatic heterocycles. The number of aryl methyl sites for hydroxylation is 1. The van der Waals surface area contributed by atoms with Gasteiger partial charge in [-0.1, -0.05) is 6.07 Å². The maximum atomic E-state index is 13.8. The van der Waals surface area contributed by atoms with Gasteiger partial charge in [-0.3, -0.25) is 4.79 Å². The van der Waals surface area contributed by atoms with Gasteiger partial charge in [0.25, 0.3) is 5.91 Å². The highest BCUT2D eigenvalue weighted by Crippen LogP contribution is 2.42. The van der Waals surface area contributed by atoms with Crippen LogP contribution in [0.5, 0.6) is 0 Å². The summed E-state index contributed by atoms with van der Waals surface area (Å²) in [4.78, 5) is 16.6. The van der Waals surface area contributed by atoms with Crippen LogP contribution in [0.2, 0.25) is 0 Å². The highest BCUT2D eigenvalue weighted by Gasteiger charge is 2.55. The van der Waals surface area contributed by atoms with Crippen molar-refractivity contribution in [2.24, 2.45) is 0 Å². The molecule has 3 N–H and O–H groups in total. The van der Waals surface area contributed by atoms with Crippen LogP contribution < -0.4 is 5.32 Å². The lowest BCUT2D eigenvalue weighted by molar-refractivity contribution is -0.265. The van der Waals surface area contributed by atoms with Gasteiger partial charge in [0.05, 0.1) is 21.0 Å². The van der Waals surface area contributed by atoms with Gasteiger partial charge in [-0.05, 0) is 36.9 Å². The smallest absolute Gasteiger partial charge is 0.363 e. The molecule has 5 nitrogen and oxygen atoms in total. The van der Waals surface area contributed by atoms with E-state index < -0.39 is 51.9 Å². The van der Waals surface area contributed by atoms with E-state index in [1.165, 1.54) is 12.2 Å². The Bertz CT molecular complexity index is 1180. The van der Waals surface area contributed by atoms with Crippen LogP contribution in [0.1, 0.15) is 34.1 Å². The lowest BCUT2D eigenvalue weighted by Gasteiger charge is -2.30. The van der Waals surface area contributed by atoms with E-state index in [4.69, 9.17) is 5.41 Å². The number of hydrogen-bond donors (Lipinski definition) is 3. The van der Waals surface area contributed by atoms with Crippen molar-refractivity contribution in [3.63, 3.8) is 0 Å². The van der Waals surface area contributed by atoms with Crippen LogP contribution in [0.15, 0.2) is 23.6 Å². The summed E-state index contributed by atoms with van der Waals surface area (Å²) in [6, 6.07) is 4.03. The second kappa shape index (κ2) is 8.12. The molecule has 0 aliphatic rings. The molecule has 0 aliphatic heterocycles. The van der Waals surface area contributed by atoms with Crippen LogP contribution in [-0.2, 0) is 6.18 Å². The maximum absolute atomic E-state index is 13.8. The van der Waals surface area contributed by atoms with Gasteiger partial charge in [0.15, 0.2) is 0 Å². The molecule has 172 valence electrons. The number of amides is 1. The van der Waals surface area contributed by atoms with Crippen molar-refractivity contribution < 1.29 is 36.2 Å². The quantitative estimate of drug-likeness (QED) is 0.239. The second-order valence-electron chi connectivity index (χ2n) is 7.04. The van der Waals surface area contributed by atoms with Crippen molar-refractivity contribution in [1.82, 2.24) is 10.3 Å². The first-order chi connectivity index (χ1) is 14.6. The summed E-state index contributed by atoms with van der Waals surface area (Å²) < 4.78 is 81.4. The molecule has 3 rings (SSSR count). The standard InChI is InChI=1S/C19H15F6N3O2S2/c1-8(26)7-17(30,19(23,24)25)28-15(29)14-9(2)13-10(18(20,21)22)6-11(27-16(13)32-14)12-4-3-5-31-12/h3-6,26,30H,7H2,1-2H3,(H,28,29). The number of carbonyl (C=O) groups is 1. The third-order valence-corrected chi connectivity index (χ3v) is 6.57. The molecule has 0 bridgehead atoms. The van der Waals surface area contributed by atoms with E-state index in [1.54, 1.807) is 17.5 Å². The third-order valence-electron chi connectivity index (χ3n) is 4.50. The van der Waals surface area contributed by atoms with Crippen molar-refractivity contribution in [2.75, 3.05) is 0 Å². The largest absolute Gasteiger partial charge is 0.436 e. The average molecular weight is 495 g/mol. The molecule has 0 aliphatic carbocycles. The number of rotatable bonds is 5. The Kier molecular flexibility index (Phi) is 6.13. The Morgan fingerprint density at radius 2 is 1.91 bits per heavy atom. The number of carbonyl (C=O) groups excluding carboxylic acids is 1. The Balaban J connectivity index is 2.15. The van der Waals surface area contributed by atoms with Crippen LogP contribution in [0.4, 0.5) is 26.3 Å². The second-order valence-corrected chi connectivity index (χ2v) is 8.98. The van der Waals surface area contributed by atoms with Gasteiger partial charge in [0, 0.05) is 17.5 Å². The minimum Gasteiger partial charge on any atom is -0.363 e. The van der Waals surface area contributed by atoms with Gasteiger partial charge >= 0.3 is 12.4 Å². The predicted octanol–water partition coefficient (Wildman–Crippen LogP) is 5.76. The van der Waals surface area contributed by atoms with Crippen LogP contribution in [-0.4, -0.2) is 33.6 Å². The molecule has 1 unspecified atom stereocenters. The first kappa shape index (κ1) is 24.1. The summed E-state index contributed by atoms with van der Waals surface area (Å²) in [7, 11) is 0. The van der Waals surface area contributed by atoms with Crippen molar-refractivity contribution in [3.8, 4) is 10.6 Å². The van der Waals surface area contributed by atoms with Crippen LogP contribution in [0.3, 0.4) is 0 Å². The van der Waals surface area contributed by atoms with Crippen LogP contribution in [0, 0.1) is 12.3 Å². The average Bonchev–Trinajstić information content (AvgIpc) is 3.27.